The summed E-state index contributed by atoms with van der Waals surface area (Å²) in [6.45, 7) is 2.98. The predicted molar refractivity (Wildman–Crippen MR) is 88.7 cm³/mol. The van der Waals surface area contributed by atoms with Crippen molar-refractivity contribution < 1.29 is 9.53 Å². The predicted octanol–water partition coefficient (Wildman–Crippen LogP) is 3.67. The molecule has 0 aliphatic carbocycles. The first kappa shape index (κ1) is 16.2. The number of carbonyl (C=O) groups excluding carboxylic acids is 1. The molecule has 1 amide bonds. The standard InChI is InChI=1S/C16H24N2O2S/c1-2-10-21-13-6-7-14(17)15(11-13)18-16(19)8-5-12-4-3-9-20-12/h6-7,11-12H,2-5,8-10,17H2,1H3,(H,18,19). The van der Waals surface area contributed by atoms with E-state index in [4.69, 9.17) is 10.5 Å². The summed E-state index contributed by atoms with van der Waals surface area (Å²) in [6.07, 6.45) is 4.82. The molecule has 3 N–H and O–H groups in total. The van der Waals surface area contributed by atoms with Crippen molar-refractivity contribution in [2.24, 2.45) is 0 Å². The zero-order chi connectivity index (χ0) is 15.1. The number of thioether (sulfide) groups is 1. The molecule has 0 saturated carbocycles. The highest BCUT2D eigenvalue weighted by Crippen LogP contribution is 2.27. The second kappa shape index (κ2) is 8.29. The summed E-state index contributed by atoms with van der Waals surface area (Å²) >= 11 is 1.78. The maximum Gasteiger partial charge on any atom is 0.224 e. The molecule has 1 aromatic carbocycles. The Hall–Kier alpha value is -1.20. The van der Waals surface area contributed by atoms with Crippen LogP contribution >= 0.6 is 11.8 Å². The van der Waals surface area contributed by atoms with Gasteiger partial charge in [0.25, 0.3) is 0 Å². The molecule has 2 rings (SSSR count). The van der Waals surface area contributed by atoms with Crippen molar-refractivity contribution in [1.82, 2.24) is 0 Å². The van der Waals surface area contributed by atoms with Crippen molar-refractivity contribution in [3.8, 4) is 0 Å². The smallest absolute Gasteiger partial charge is 0.224 e. The highest BCUT2D eigenvalue weighted by molar-refractivity contribution is 7.99. The van der Waals surface area contributed by atoms with E-state index in [1.165, 1.54) is 0 Å². The van der Waals surface area contributed by atoms with E-state index in [1.54, 1.807) is 11.8 Å². The van der Waals surface area contributed by atoms with Gasteiger partial charge >= 0.3 is 0 Å². The number of nitrogens with one attached hydrogen (secondary N) is 1. The van der Waals surface area contributed by atoms with Crippen LogP contribution in [0.1, 0.15) is 39.0 Å². The van der Waals surface area contributed by atoms with Crippen LogP contribution in [0.2, 0.25) is 0 Å². The number of carbonyl (C=O) groups is 1. The quantitative estimate of drug-likeness (QED) is 0.596. The maximum absolute atomic E-state index is 12.0. The maximum atomic E-state index is 12.0. The molecule has 1 aliphatic heterocycles. The van der Waals surface area contributed by atoms with Crippen LogP contribution in [0, 0.1) is 0 Å². The molecule has 21 heavy (non-hydrogen) atoms. The Bertz CT molecular complexity index is 473. The highest BCUT2D eigenvalue weighted by Gasteiger charge is 2.17. The lowest BCUT2D eigenvalue weighted by Gasteiger charge is -2.12. The van der Waals surface area contributed by atoms with Crippen LogP contribution in [-0.2, 0) is 9.53 Å². The van der Waals surface area contributed by atoms with Crippen LogP contribution in [0.4, 0.5) is 11.4 Å². The molecule has 1 atom stereocenters. The van der Waals surface area contributed by atoms with Gasteiger partial charge in [0.2, 0.25) is 5.91 Å². The lowest BCUT2D eigenvalue weighted by Crippen LogP contribution is -2.16. The molecule has 1 aliphatic rings. The highest BCUT2D eigenvalue weighted by atomic mass is 32.2. The number of nitrogens with two attached hydrogens (primary N) is 1. The minimum Gasteiger partial charge on any atom is -0.397 e. The molecule has 0 radical (unpaired) electrons. The summed E-state index contributed by atoms with van der Waals surface area (Å²) in [5.41, 5.74) is 7.26. The van der Waals surface area contributed by atoms with Gasteiger partial charge in [0.05, 0.1) is 17.5 Å². The zero-order valence-electron chi connectivity index (χ0n) is 12.6. The lowest BCUT2D eigenvalue weighted by atomic mass is 10.1. The van der Waals surface area contributed by atoms with Crippen molar-refractivity contribution in [3.63, 3.8) is 0 Å². The van der Waals surface area contributed by atoms with Crippen LogP contribution in [0.25, 0.3) is 0 Å². The fourth-order valence-electron chi connectivity index (χ4n) is 2.33. The number of benzene rings is 1. The topological polar surface area (TPSA) is 64.3 Å². The van der Waals surface area contributed by atoms with Gasteiger partial charge in [0.1, 0.15) is 0 Å². The van der Waals surface area contributed by atoms with Crippen molar-refractivity contribution in [1.29, 1.82) is 0 Å². The molecular weight excluding hydrogens is 284 g/mol. The molecule has 0 spiro atoms. The second-order valence-corrected chi connectivity index (χ2v) is 6.49. The molecule has 1 unspecified atom stereocenters. The Balaban J connectivity index is 1.86. The molecule has 0 bridgehead atoms. The van der Waals surface area contributed by atoms with E-state index in [0.717, 1.165) is 42.9 Å². The van der Waals surface area contributed by atoms with Gasteiger partial charge in [0.15, 0.2) is 0 Å². The Labute approximate surface area is 130 Å². The Kier molecular flexibility index (Phi) is 6.39. The van der Waals surface area contributed by atoms with Crippen LogP contribution in [0.15, 0.2) is 23.1 Å². The number of nitrogen functional groups attached to an aromatic ring is 1. The largest absolute Gasteiger partial charge is 0.397 e. The molecule has 0 aromatic heterocycles. The van der Waals surface area contributed by atoms with Gasteiger partial charge in [-0.15, -0.1) is 11.8 Å². The first-order valence-corrected chi connectivity index (χ1v) is 8.61. The number of amides is 1. The Morgan fingerprint density at radius 1 is 1.52 bits per heavy atom. The summed E-state index contributed by atoms with van der Waals surface area (Å²) in [7, 11) is 0. The first-order valence-electron chi connectivity index (χ1n) is 7.63. The molecule has 1 aromatic rings. The van der Waals surface area contributed by atoms with Crippen LogP contribution < -0.4 is 11.1 Å². The molecule has 5 heteroatoms. The molecule has 4 nitrogen and oxygen atoms in total. The number of hydrogen-bond acceptors (Lipinski definition) is 4. The summed E-state index contributed by atoms with van der Waals surface area (Å²) in [6, 6.07) is 5.81. The number of rotatable bonds is 7. The second-order valence-electron chi connectivity index (χ2n) is 5.32. The average molecular weight is 308 g/mol. The molecule has 1 heterocycles. The van der Waals surface area contributed by atoms with E-state index in [0.29, 0.717) is 17.8 Å². The van der Waals surface area contributed by atoms with E-state index in [-0.39, 0.29) is 12.0 Å². The summed E-state index contributed by atoms with van der Waals surface area (Å²) in [5.74, 6) is 1.07. The van der Waals surface area contributed by atoms with E-state index in [9.17, 15) is 4.79 Å². The molecule has 1 fully saturated rings. The van der Waals surface area contributed by atoms with Crippen LogP contribution in [0.5, 0.6) is 0 Å². The molecular formula is C16H24N2O2S. The van der Waals surface area contributed by atoms with Crippen molar-refractivity contribution in [2.45, 2.75) is 50.0 Å². The fraction of sp³-hybridized carbons (Fsp3) is 0.562. The van der Waals surface area contributed by atoms with Gasteiger partial charge < -0.3 is 15.8 Å². The summed E-state index contributed by atoms with van der Waals surface area (Å²) < 4.78 is 5.53. The Morgan fingerprint density at radius 3 is 3.10 bits per heavy atom. The van der Waals surface area contributed by atoms with Crippen molar-refractivity contribution in [3.05, 3.63) is 18.2 Å². The normalized spacial score (nSPS) is 17.9. The van der Waals surface area contributed by atoms with Crippen LogP contribution in [-0.4, -0.2) is 24.4 Å². The van der Waals surface area contributed by atoms with E-state index in [2.05, 4.69) is 12.2 Å². The molecule has 1 saturated heterocycles. The van der Waals surface area contributed by atoms with Gasteiger partial charge in [0, 0.05) is 17.9 Å². The third-order valence-corrected chi connectivity index (χ3v) is 4.69. The van der Waals surface area contributed by atoms with E-state index >= 15 is 0 Å². The Morgan fingerprint density at radius 2 is 2.38 bits per heavy atom. The zero-order valence-corrected chi connectivity index (χ0v) is 13.4. The number of ether oxygens (including phenoxy) is 1. The van der Waals surface area contributed by atoms with Gasteiger partial charge in [-0.3, -0.25) is 4.79 Å². The third-order valence-electron chi connectivity index (χ3n) is 3.49. The average Bonchev–Trinajstić information content (AvgIpc) is 2.99. The minimum atomic E-state index is 0.00911. The SMILES string of the molecule is CCCSc1ccc(N)c(NC(=O)CCC2CCCO2)c1. The number of anilines is 2. The summed E-state index contributed by atoms with van der Waals surface area (Å²) in [4.78, 5) is 13.2. The van der Waals surface area contributed by atoms with Crippen molar-refractivity contribution in [2.75, 3.05) is 23.4 Å². The molecule has 116 valence electrons. The van der Waals surface area contributed by atoms with Gasteiger partial charge in [-0.25, -0.2) is 0 Å². The lowest BCUT2D eigenvalue weighted by molar-refractivity contribution is -0.116. The van der Waals surface area contributed by atoms with Gasteiger partial charge in [-0.2, -0.15) is 0 Å². The van der Waals surface area contributed by atoms with Gasteiger partial charge in [-0.1, -0.05) is 6.92 Å². The van der Waals surface area contributed by atoms with Gasteiger partial charge in [-0.05, 0) is 49.6 Å². The minimum absolute atomic E-state index is 0.00911. The fourth-order valence-corrected chi connectivity index (χ4v) is 3.14. The monoisotopic (exact) mass is 308 g/mol. The van der Waals surface area contributed by atoms with E-state index in [1.807, 2.05) is 18.2 Å². The summed E-state index contributed by atoms with van der Waals surface area (Å²) in [5, 5.41) is 2.92. The van der Waals surface area contributed by atoms with Crippen LogP contribution in [0.3, 0.4) is 0 Å². The number of hydrogen-bond donors (Lipinski definition) is 2. The first-order chi connectivity index (χ1) is 10.2. The third kappa shape index (κ3) is 5.25. The van der Waals surface area contributed by atoms with Crippen molar-refractivity contribution >= 4 is 29.0 Å². The van der Waals surface area contributed by atoms with E-state index < -0.39 is 0 Å².